The third-order valence-corrected chi connectivity index (χ3v) is 5.42. The van der Waals surface area contributed by atoms with E-state index in [0.29, 0.717) is 11.4 Å². The van der Waals surface area contributed by atoms with E-state index in [0.717, 1.165) is 28.6 Å². The SMILES string of the molecule is COc1ccccc1N(CCC(=O)Nc1c(C)cc(C)cc1C)S(C)(=O)=O. The van der Waals surface area contributed by atoms with Gasteiger partial charge in [-0.3, -0.25) is 9.10 Å². The highest BCUT2D eigenvalue weighted by Crippen LogP contribution is 2.29. The molecule has 27 heavy (non-hydrogen) atoms. The second-order valence-electron chi connectivity index (χ2n) is 6.58. The van der Waals surface area contributed by atoms with Crippen LogP contribution >= 0.6 is 0 Å². The molecule has 0 unspecified atom stereocenters. The van der Waals surface area contributed by atoms with Gasteiger partial charge in [0.15, 0.2) is 0 Å². The van der Waals surface area contributed by atoms with Crippen LogP contribution in [-0.4, -0.2) is 34.2 Å². The largest absolute Gasteiger partial charge is 0.495 e. The van der Waals surface area contributed by atoms with Crippen LogP contribution in [-0.2, 0) is 14.8 Å². The third kappa shape index (κ3) is 5.23. The highest BCUT2D eigenvalue weighted by molar-refractivity contribution is 7.92. The number of methoxy groups -OCH3 is 1. The molecule has 146 valence electrons. The molecule has 0 saturated carbocycles. The number of para-hydroxylation sites is 2. The van der Waals surface area contributed by atoms with Gasteiger partial charge in [0.25, 0.3) is 0 Å². The minimum absolute atomic E-state index is 0.0228. The number of benzene rings is 2. The predicted octanol–water partition coefficient (Wildman–Crippen LogP) is 3.42. The van der Waals surface area contributed by atoms with E-state index < -0.39 is 10.0 Å². The zero-order valence-electron chi connectivity index (χ0n) is 16.4. The Labute approximate surface area is 161 Å². The van der Waals surface area contributed by atoms with Gasteiger partial charge >= 0.3 is 0 Å². The minimum Gasteiger partial charge on any atom is -0.495 e. The highest BCUT2D eigenvalue weighted by atomic mass is 32.2. The van der Waals surface area contributed by atoms with E-state index >= 15 is 0 Å². The lowest BCUT2D eigenvalue weighted by Gasteiger charge is -2.24. The molecule has 0 atom stereocenters. The molecule has 1 N–H and O–H groups in total. The van der Waals surface area contributed by atoms with Crippen molar-refractivity contribution >= 4 is 27.3 Å². The van der Waals surface area contributed by atoms with Gasteiger partial charge in [-0.2, -0.15) is 0 Å². The molecule has 0 heterocycles. The number of sulfonamides is 1. The number of hydrogen-bond acceptors (Lipinski definition) is 4. The number of anilines is 2. The van der Waals surface area contributed by atoms with Gasteiger partial charge in [-0.25, -0.2) is 8.42 Å². The van der Waals surface area contributed by atoms with Crippen molar-refractivity contribution in [3.63, 3.8) is 0 Å². The fraction of sp³-hybridized carbons (Fsp3) is 0.350. The monoisotopic (exact) mass is 390 g/mol. The van der Waals surface area contributed by atoms with Crippen molar-refractivity contribution in [2.24, 2.45) is 0 Å². The molecule has 0 fully saturated rings. The van der Waals surface area contributed by atoms with Gasteiger partial charge in [0.2, 0.25) is 15.9 Å². The van der Waals surface area contributed by atoms with Crippen molar-refractivity contribution in [3.05, 3.63) is 53.1 Å². The summed E-state index contributed by atoms with van der Waals surface area (Å²) in [7, 11) is -2.09. The fourth-order valence-electron chi connectivity index (χ4n) is 3.08. The molecule has 0 bridgehead atoms. The van der Waals surface area contributed by atoms with Gasteiger partial charge in [-0.05, 0) is 44.0 Å². The lowest BCUT2D eigenvalue weighted by molar-refractivity contribution is -0.116. The van der Waals surface area contributed by atoms with Crippen LogP contribution in [0.4, 0.5) is 11.4 Å². The van der Waals surface area contributed by atoms with E-state index in [2.05, 4.69) is 5.32 Å². The molecule has 6 nitrogen and oxygen atoms in total. The molecule has 7 heteroatoms. The normalized spacial score (nSPS) is 11.1. The molecule has 2 rings (SSSR count). The van der Waals surface area contributed by atoms with Crippen molar-refractivity contribution in [1.29, 1.82) is 0 Å². The third-order valence-electron chi connectivity index (χ3n) is 4.24. The summed E-state index contributed by atoms with van der Waals surface area (Å²) in [5.74, 6) is 0.196. The van der Waals surface area contributed by atoms with Gasteiger partial charge in [0, 0.05) is 18.7 Å². The lowest BCUT2D eigenvalue weighted by Crippen LogP contribution is -2.33. The predicted molar refractivity (Wildman–Crippen MR) is 109 cm³/mol. The molecular weight excluding hydrogens is 364 g/mol. The number of amides is 1. The first kappa shape index (κ1) is 20.8. The molecule has 0 saturated heterocycles. The summed E-state index contributed by atoms with van der Waals surface area (Å²) in [6.45, 7) is 5.90. The summed E-state index contributed by atoms with van der Waals surface area (Å²) in [4.78, 5) is 12.5. The van der Waals surface area contributed by atoms with Gasteiger partial charge in [-0.15, -0.1) is 0 Å². The molecule has 0 aliphatic heterocycles. The van der Waals surface area contributed by atoms with E-state index in [1.54, 1.807) is 24.3 Å². The van der Waals surface area contributed by atoms with Crippen molar-refractivity contribution < 1.29 is 17.9 Å². The van der Waals surface area contributed by atoms with Crippen LogP contribution in [0.2, 0.25) is 0 Å². The summed E-state index contributed by atoms with van der Waals surface area (Å²) < 4.78 is 31.0. The van der Waals surface area contributed by atoms with Crippen LogP contribution in [0.1, 0.15) is 23.1 Å². The van der Waals surface area contributed by atoms with Crippen LogP contribution in [0.25, 0.3) is 0 Å². The Bertz CT molecular complexity index is 916. The average Bonchev–Trinajstić information content (AvgIpc) is 2.57. The summed E-state index contributed by atoms with van der Waals surface area (Å²) in [5.41, 5.74) is 4.27. The minimum atomic E-state index is -3.57. The quantitative estimate of drug-likeness (QED) is 0.786. The zero-order valence-corrected chi connectivity index (χ0v) is 17.2. The van der Waals surface area contributed by atoms with Crippen molar-refractivity contribution in [2.45, 2.75) is 27.2 Å². The topological polar surface area (TPSA) is 75.7 Å². The second kappa shape index (κ2) is 8.43. The Kier molecular flexibility index (Phi) is 6.49. The van der Waals surface area contributed by atoms with E-state index in [1.165, 1.54) is 11.4 Å². The van der Waals surface area contributed by atoms with E-state index in [1.807, 2.05) is 32.9 Å². The number of nitrogens with zero attached hydrogens (tertiary/aromatic N) is 1. The number of hydrogen-bond donors (Lipinski definition) is 1. The van der Waals surface area contributed by atoms with Crippen molar-refractivity contribution in [2.75, 3.05) is 29.5 Å². The molecule has 0 radical (unpaired) electrons. The number of aryl methyl sites for hydroxylation is 3. The zero-order chi connectivity index (χ0) is 20.2. The van der Waals surface area contributed by atoms with E-state index in [4.69, 9.17) is 4.74 Å². The Morgan fingerprint density at radius 2 is 1.70 bits per heavy atom. The number of nitrogens with one attached hydrogen (secondary N) is 1. The summed E-state index contributed by atoms with van der Waals surface area (Å²) in [6, 6.07) is 10.8. The van der Waals surface area contributed by atoms with Crippen LogP contribution < -0.4 is 14.4 Å². The van der Waals surface area contributed by atoms with E-state index in [9.17, 15) is 13.2 Å². The standard InChI is InChI=1S/C20H26N2O4S/c1-14-12-15(2)20(16(3)13-14)21-19(23)10-11-22(27(5,24)25)17-8-6-7-9-18(17)26-4/h6-9,12-13H,10-11H2,1-5H3,(H,21,23). The maximum absolute atomic E-state index is 12.5. The first-order valence-electron chi connectivity index (χ1n) is 8.62. The lowest BCUT2D eigenvalue weighted by atomic mass is 10.1. The Morgan fingerprint density at radius 3 is 2.26 bits per heavy atom. The van der Waals surface area contributed by atoms with Crippen LogP contribution in [0, 0.1) is 20.8 Å². The van der Waals surface area contributed by atoms with Gasteiger partial charge in [0.1, 0.15) is 5.75 Å². The van der Waals surface area contributed by atoms with Gasteiger partial charge < -0.3 is 10.1 Å². The van der Waals surface area contributed by atoms with E-state index in [-0.39, 0.29) is 18.9 Å². The molecule has 2 aromatic rings. The van der Waals surface area contributed by atoms with Crippen molar-refractivity contribution in [1.82, 2.24) is 0 Å². The van der Waals surface area contributed by atoms with Crippen LogP contribution in [0.3, 0.4) is 0 Å². The molecule has 0 aliphatic rings. The first-order chi connectivity index (χ1) is 12.6. The number of carbonyl (C=O) groups excluding carboxylic acids is 1. The molecule has 0 aromatic heterocycles. The Hall–Kier alpha value is -2.54. The molecular formula is C20H26N2O4S. The smallest absolute Gasteiger partial charge is 0.232 e. The number of rotatable bonds is 7. The molecule has 2 aromatic carbocycles. The van der Waals surface area contributed by atoms with Gasteiger partial charge in [0.05, 0.1) is 19.1 Å². The molecule has 0 spiro atoms. The Balaban J connectivity index is 2.18. The number of carbonyl (C=O) groups is 1. The molecule has 1 amide bonds. The fourth-order valence-corrected chi connectivity index (χ4v) is 4.01. The van der Waals surface area contributed by atoms with Crippen molar-refractivity contribution in [3.8, 4) is 5.75 Å². The van der Waals surface area contributed by atoms with Crippen LogP contribution in [0.5, 0.6) is 5.75 Å². The number of ether oxygens (including phenoxy) is 1. The maximum Gasteiger partial charge on any atom is 0.232 e. The highest BCUT2D eigenvalue weighted by Gasteiger charge is 2.22. The average molecular weight is 391 g/mol. The Morgan fingerprint density at radius 1 is 1.11 bits per heavy atom. The van der Waals surface area contributed by atoms with Crippen LogP contribution in [0.15, 0.2) is 36.4 Å². The summed E-state index contributed by atoms with van der Waals surface area (Å²) in [6.07, 6.45) is 1.14. The molecule has 0 aliphatic carbocycles. The summed E-state index contributed by atoms with van der Waals surface area (Å²) >= 11 is 0. The van der Waals surface area contributed by atoms with Gasteiger partial charge in [-0.1, -0.05) is 29.8 Å². The maximum atomic E-state index is 12.5. The first-order valence-corrected chi connectivity index (χ1v) is 10.5. The second-order valence-corrected chi connectivity index (χ2v) is 8.49. The summed E-state index contributed by atoms with van der Waals surface area (Å²) in [5, 5.41) is 2.90.